The molecule has 0 unspecified atom stereocenters. The minimum atomic E-state index is -0.470. The van der Waals surface area contributed by atoms with Crippen LogP contribution in [0.15, 0.2) is 6.08 Å². The van der Waals surface area contributed by atoms with Crippen LogP contribution in [0.25, 0.3) is 0 Å². The van der Waals surface area contributed by atoms with Gasteiger partial charge in [-0.25, -0.2) is 0 Å². The summed E-state index contributed by atoms with van der Waals surface area (Å²) in [5.41, 5.74) is 0. The Bertz CT molecular complexity index is 85.0. The Balaban J connectivity index is -0.000000180. The number of esters is 1. The van der Waals surface area contributed by atoms with E-state index < -0.39 is 5.97 Å². The molecule has 0 saturated carbocycles. The van der Waals surface area contributed by atoms with Crippen LogP contribution >= 0.6 is 0 Å². The number of hydrogen-bond acceptors (Lipinski definition) is 2. The van der Waals surface area contributed by atoms with Crippen molar-refractivity contribution in [3.8, 4) is 0 Å². The molecule has 2 nitrogen and oxygen atoms in total. The number of hydrogen-bond donors (Lipinski definition) is 0. The van der Waals surface area contributed by atoms with Crippen molar-refractivity contribution >= 4 is 5.97 Å². The van der Waals surface area contributed by atoms with Crippen LogP contribution in [0.3, 0.4) is 0 Å². The number of carbonyl (C=O) groups is 1. The average molecular weight is 291 g/mol. The Hall–Kier alpha value is 0.563. The van der Waals surface area contributed by atoms with E-state index in [1.165, 1.54) is 0 Å². The summed E-state index contributed by atoms with van der Waals surface area (Å²) in [5.74, 6) is -0.470. The molecule has 0 bridgehead atoms. The quantitative estimate of drug-likeness (QED) is 0.185. The Morgan fingerprint density at radius 1 is 1.78 bits per heavy atom. The van der Waals surface area contributed by atoms with Crippen molar-refractivity contribution in [2.45, 2.75) is 6.92 Å². The maximum Gasteiger partial charge on any atom is 2.00 e. The number of rotatable bonds is 2. The molecular weight excluding hydrogens is 284 g/mol. The standard InChI is InChI=1S/C5H7O2.HI.Zn/c1-3-5(6)7-4-2;;/h1,3H,4H2,2H3;1H;/q-1;;+2/p-1. The summed E-state index contributed by atoms with van der Waals surface area (Å²) in [5, 5.41) is 0. The van der Waals surface area contributed by atoms with Gasteiger partial charge < -0.3 is 33.5 Å². The van der Waals surface area contributed by atoms with E-state index in [1.807, 2.05) is 0 Å². The minimum absolute atomic E-state index is 0. The molecule has 48 valence electrons. The fourth-order valence-electron chi connectivity index (χ4n) is 0.190. The van der Waals surface area contributed by atoms with E-state index in [9.17, 15) is 4.79 Å². The van der Waals surface area contributed by atoms with E-state index in [2.05, 4.69) is 4.74 Å². The molecule has 0 saturated heterocycles. The van der Waals surface area contributed by atoms with E-state index in [1.54, 1.807) is 6.92 Å². The maximum absolute atomic E-state index is 10.0. The predicted octanol–water partition coefficient (Wildman–Crippen LogP) is -2.46. The van der Waals surface area contributed by atoms with Crippen LogP contribution in [-0.4, -0.2) is 12.6 Å². The van der Waals surface area contributed by atoms with E-state index in [4.69, 9.17) is 6.58 Å². The molecule has 0 heterocycles. The van der Waals surface area contributed by atoms with Gasteiger partial charge in [0.05, 0.1) is 6.61 Å². The van der Waals surface area contributed by atoms with Crippen molar-refractivity contribution < 1.29 is 53.0 Å². The summed E-state index contributed by atoms with van der Waals surface area (Å²) >= 11 is 0. The second-order valence-electron chi connectivity index (χ2n) is 0.919. The van der Waals surface area contributed by atoms with E-state index in [-0.39, 0.29) is 43.5 Å². The van der Waals surface area contributed by atoms with Gasteiger partial charge in [0.15, 0.2) is 5.97 Å². The van der Waals surface area contributed by atoms with Gasteiger partial charge in [-0.05, 0) is 6.92 Å². The van der Waals surface area contributed by atoms with Crippen LogP contribution in [0.5, 0.6) is 0 Å². The van der Waals surface area contributed by atoms with Crippen molar-refractivity contribution in [1.29, 1.82) is 0 Å². The van der Waals surface area contributed by atoms with Crippen molar-refractivity contribution in [3.05, 3.63) is 12.7 Å². The zero-order valence-corrected chi connectivity index (χ0v) is 10.4. The smallest absolute Gasteiger partial charge is 1.00 e. The summed E-state index contributed by atoms with van der Waals surface area (Å²) in [6, 6.07) is 0. The second-order valence-corrected chi connectivity index (χ2v) is 0.919. The zero-order chi connectivity index (χ0) is 5.70. The van der Waals surface area contributed by atoms with E-state index in [0.29, 0.717) is 6.61 Å². The summed E-state index contributed by atoms with van der Waals surface area (Å²) in [7, 11) is 0. The molecule has 0 aromatic rings. The van der Waals surface area contributed by atoms with Crippen LogP contribution in [0, 0.1) is 6.58 Å². The van der Waals surface area contributed by atoms with Crippen molar-refractivity contribution in [2.75, 3.05) is 6.61 Å². The third-order valence-electron chi connectivity index (χ3n) is 0.423. The number of halogens is 1. The average Bonchev–Trinajstić information content (AvgIpc) is 1.68. The van der Waals surface area contributed by atoms with Crippen molar-refractivity contribution in [1.82, 2.24) is 0 Å². The van der Waals surface area contributed by atoms with Gasteiger partial charge in [-0.15, -0.1) is 0 Å². The third-order valence-corrected chi connectivity index (χ3v) is 0.423. The first-order chi connectivity index (χ1) is 3.31. The molecule has 0 aliphatic heterocycles. The van der Waals surface area contributed by atoms with Gasteiger partial charge in [-0.3, -0.25) is 6.58 Å². The van der Waals surface area contributed by atoms with E-state index >= 15 is 0 Å². The Morgan fingerprint density at radius 2 is 2.22 bits per heavy atom. The zero-order valence-electron chi connectivity index (χ0n) is 5.26. The van der Waals surface area contributed by atoms with Gasteiger partial charge in [-0.1, -0.05) is 0 Å². The largest absolute Gasteiger partial charge is 2.00 e. The first kappa shape index (κ1) is 16.3. The summed E-state index contributed by atoms with van der Waals surface area (Å²) < 4.78 is 4.37. The minimum Gasteiger partial charge on any atom is -1.00 e. The number of ether oxygens (including phenoxy) is 1. The van der Waals surface area contributed by atoms with Gasteiger partial charge in [0.25, 0.3) is 0 Å². The molecule has 0 fully saturated rings. The van der Waals surface area contributed by atoms with Crippen LogP contribution in [0.2, 0.25) is 0 Å². The van der Waals surface area contributed by atoms with Crippen LogP contribution < -0.4 is 24.0 Å². The summed E-state index contributed by atoms with van der Waals surface area (Å²) in [4.78, 5) is 10.0. The molecule has 4 heteroatoms. The first-order valence-electron chi connectivity index (χ1n) is 2.03. The van der Waals surface area contributed by atoms with Crippen LogP contribution in [0.4, 0.5) is 0 Å². The van der Waals surface area contributed by atoms with Gasteiger partial charge in [-0.2, -0.15) is 6.08 Å². The normalized spacial score (nSPS) is 5.89. The summed E-state index contributed by atoms with van der Waals surface area (Å²) in [6.45, 7) is 6.86. The molecule has 0 rings (SSSR count). The van der Waals surface area contributed by atoms with E-state index in [0.717, 1.165) is 6.08 Å². The predicted molar refractivity (Wildman–Crippen MR) is 25.5 cm³/mol. The van der Waals surface area contributed by atoms with Crippen LogP contribution in [-0.2, 0) is 29.0 Å². The first-order valence-corrected chi connectivity index (χ1v) is 2.03. The molecule has 0 atom stereocenters. The fraction of sp³-hybridized carbons (Fsp3) is 0.400. The third kappa shape index (κ3) is 11.9. The molecule has 0 aliphatic carbocycles. The summed E-state index contributed by atoms with van der Waals surface area (Å²) in [6.07, 6.45) is 0.892. The van der Waals surface area contributed by atoms with Crippen LogP contribution in [0.1, 0.15) is 6.92 Å². The van der Waals surface area contributed by atoms with Crippen molar-refractivity contribution in [2.24, 2.45) is 0 Å². The Labute approximate surface area is 84.8 Å². The molecule has 0 amide bonds. The van der Waals surface area contributed by atoms with Gasteiger partial charge >= 0.3 is 19.5 Å². The molecule has 9 heavy (non-hydrogen) atoms. The van der Waals surface area contributed by atoms with Gasteiger partial charge in [0, 0.05) is 0 Å². The molecule has 0 spiro atoms. The fourth-order valence-corrected chi connectivity index (χ4v) is 0.190. The molecule has 0 aromatic carbocycles. The molecular formula is C5H7IO2Zn. The Morgan fingerprint density at radius 3 is 2.33 bits per heavy atom. The van der Waals surface area contributed by atoms with Gasteiger partial charge in [0.1, 0.15) is 0 Å². The van der Waals surface area contributed by atoms with Crippen molar-refractivity contribution in [3.63, 3.8) is 0 Å². The molecule has 0 aliphatic rings. The second kappa shape index (κ2) is 11.4. The number of carbonyl (C=O) groups excluding carboxylic acids is 1. The molecule has 0 radical (unpaired) electrons. The SMILES string of the molecule is [CH-]=CC(=O)OCC.[I-].[Zn+2]. The molecule has 0 N–H and O–H groups in total. The molecule has 0 aromatic heterocycles. The Kier molecular flexibility index (Phi) is 20.6. The monoisotopic (exact) mass is 290 g/mol. The topological polar surface area (TPSA) is 26.3 Å². The maximum atomic E-state index is 10.0. The van der Waals surface area contributed by atoms with Gasteiger partial charge in [0.2, 0.25) is 0 Å².